The van der Waals surface area contributed by atoms with Gasteiger partial charge in [-0.25, -0.2) is 4.21 Å². The predicted molar refractivity (Wildman–Crippen MR) is 136 cm³/mol. The third kappa shape index (κ3) is 4.72. The summed E-state index contributed by atoms with van der Waals surface area (Å²) in [7, 11) is -1.29. The largest absolute Gasteiger partial charge is 0.296 e. The average Bonchev–Trinajstić information content (AvgIpc) is 3.25. The fourth-order valence-corrected chi connectivity index (χ4v) is 6.24. The lowest BCUT2D eigenvalue weighted by Crippen LogP contribution is -2.53. The summed E-state index contributed by atoms with van der Waals surface area (Å²) < 4.78 is 19.8. The van der Waals surface area contributed by atoms with Crippen LogP contribution in [0.4, 0.5) is 0 Å². The van der Waals surface area contributed by atoms with E-state index in [4.69, 9.17) is 4.40 Å². The number of benzene rings is 1. The highest BCUT2D eigenvalue weighted by molar-refractivity contribution is 7.85. The van der Waals surface area contributed by atoms with Crippen molar-refractivity contribution in [3.8, 4) is 0 Å². The van der Waals surface area contributed by atoms with E-state index in [1.165, 1.54) is 19.3 Å². The fraction of sp³-hybridized carbons (Fsp3) is 0.654. The zero-order chi connectivity index (χ0) is 23.8. The number of aryl methyl sites for hydroxylation is 1. The molecular weight excluding hydrogens is 430 g/mol. The van der Waals surface area contributed by atoms with Gasteiger partial charge in [0.1, 0.15) is 28.3 Å². The van der Waals surface area contributed by atoms with Crippen LogP contribution in [0.5, 0.6) is 0 Å². The van der Waals surface area contributed by atoms with Gasteiger partial charge in [0.15, 0.2) is 0 Å². The number of rotatable bonds is 7. The third-order valence-corrected chi connectivity index (χ3v) is 8.60. The monoisotopic (exact) mass is 469 g/mol. The quantitative estimate of drug-likeness (QED) is 0.513. The summed E-state index contributed by atoms with van der Waals surface area (Å²) in [5, 5.41) is 9.06. The Balaban J connectivity index is 1.67. The molecule has 2 aromatic rings. The maximum atomic E-state index is 12.9. The molecule has 2 bridgehead atoms. The molecule has 180 valence electrons. The fourth-order valence-electron chi connectivity index (χ4n) is 5.57. The van der Waals surface area contributed by atoms with Gasteiger partial charge in [0.25, 0.3) is 0 Å². The van der Waals surface area contributed by atoms with Gasteiger partial charge in [-0.15, -0.1) is 10.2 Å². The zero-order valence-electron chi connectivity index (χ0n) is 21.0. The van der Waals surface area contributed by atoms with Crippen molar-refractivity contribution >= 4 is 16.7 Å². The molecule has 1 aromatic carbocycles. The first-order valence-corrected chi connectivity index (χ1v) is 13.5. The molecule has 0 amide bonds. The first-order valence-electron chi connectivity index (χ1n) is 12.4. The maximum Gasteiger partial charge on any atom is 0.145 e. The second kappa shape index (κ2) is 9.41. The van der Waals surface area contributed by atoms with E-state index in [2.05, 4.69) is 52.6 Å². The van der Waals surface area contributed by atoms with Crippen molar-refractivity contribution < 1.29 is 4.21 Å². The van der Waals surface area contributed by atoms with Gasteiger partial charge in [-0.3, -0.25) is 9.47 Å². The standard InChI is InChI=1S/C26H39N5OS/c1-19(2)24-28-27-20(3)31(24)26-16-10-13-22(14-17-26)30(26)18-15-23(21-11-8-7-9-12-21)29-33(32)25(4,5)6/h7-9,11-12,19,22H,10,13-18H2,1-6H3/t22?,26-,33?/m0/s1. The molecule has 2 fully saturated rings. The van der Waals surface area contributed by atoms with Crippen LogP contribution in [0.25, 0.3) is 0 Å². The Bertz CT molecular complexity index is 1020. The van der Waals surface area contributed by atoms with E-state index >= 15 is 0 Å². The first kappa shape index (κ1) is 24.3. The van der Waals surface area contributed by atoms with Crippen LogP contribution in [0, 0.1) is 6.92 Å². The molecule has 2 aliphatic heterocycles. The lowest BCUT2D eigenvalue weighted by Gasteiger charge is -2.47. The molecule has 1 aromatic heterocycles. The molecule has 3 heterocycles. The molecule has 4 rings (SSSR count). The molecule has 0 saturated carbocycles. The van der Waals surface area contributed by atoms with E-state index in [1.807, 2.05) is 39.0 Å². The van der Waals surface area contributed by atoms with Crippen LogP contribution in [-0.4, -0.2) is 46.9 Å². The van der Waals surface area contributed by atoms with Crippen molar-refractivity contribution in [2.75, 3.05) is 6.54 Å². The van der Waals surface area contributed by atoms with E-state index in [0.29, 0.717) is 12.0 Å². The molecule has 0 N–H and O–H groups in total. The van der Waals surface area contributed by atoms with Gasteiger partial charge in [-0.05, 0) is 65.4 Å². The van der Waals surface area contributed by atoms with Gasteiger partial charge < -0.3 is 0 Å². The van der Waals surface area contributed by atoms with E-state index in [1.54, 1.807) is 0 Å². The Morgan fingerprint density at radius 1 is 1.18 bits per heavy atom. The van der Waals surface area contributed by atoms with Crippen LogP contribution in [0.15, 0.2) is 34.7 Å². The lowest BCUT2D eigenvalue weighted by atomic mass is 9.94. The van der Waals surface area contributed by atoms with Gasteiger partial charge >= 0.3 is 0 Å². The second-order valence-corrected chi connectivity index (χ2v) is 12.8. The highest BCUT2D eigenvalue weighted by Gasteiger charge is 2.51. The van der Waals surface area contributed by atoms with Crippen molar-refractivity contribution in [3.63, 3.8) is 0 Å². The molecule has 3 atom stereocenters. The topological polar surface area (TPSA) is 63.4 Å². The molecular formula is C26H39N5OS. The van der Waals surface area contributed by atoms with Crippen LogP contribution in [0.2, 0.25) is 0 Å². The van der Waals surface area contributed by atoms with Gasteiger partial charge in [0, 0.05) is 24.9 Å². The van der Waals surface area contributed by atoms with E-state index in [-0.39, 0.29) is 10.4 Å². The van der Waals surface area contributed by atoms with Gasteiger partial charge in [-0.1, -0.05) is 44.2 Å². The van der Waals surface area contributed by atoms with Crippen molar-refractivity contribution in [2.24, 2.45) is 4.40 Å². The zero-order valence-corrected chi connectivity index (χ0v) is 21.9. The summed E-state index contributed by atoms with van der Waals surface area (Å²) in [5.41, 5.74) is 1.95. The van der Waals surface area contributed by atoms with Crippen molar-refractivity contribution in [3.05, 3.63) is 47.5 Å². The number of piperidine rings is 1. The first-order chi connectivity index (χ1) is 15.6. The van der Waals surface area contributed by atoms with Crippen LogP contribution in [-0.2, 0) is 16.6 Å². The lowest BCUT2D eigenvalue weighted by molar-refractivity contribution is -0.00904. The number of nitrogens with zero attached hydrogens (tertiary/aromatic N) is 5. The normalized spacial score (nSPS) is 25.1. The minimum Gasteiger partial charge on any atom is -0.296 e. The van der Waals surface area contributed by atoms with Gasteiger partial charge in [0.2, 0.25) is 0 Å². The van der Waals surface area contributed by atoms with Crippen molar-refractivity contribution in [1.29, 1.82) is 0 Å². The minimum atomic E-state index is -1.29. The summed E-state index contributed by atoms with van der Waals surface area (Å²) >= 11 is 0. The summed E-state index contributed by atoms with van der Waals surface area (Å²) in [6.07, 6.45) is 6.74. The molecule has 0 aliphatic carbocycles. The SMILES string of the molecule is Cc1nnc(C(C)C)n1[C@@]12CCCC(CC1)N2CCC(=NS(=O)C(C)(C)C)c1ccccc1. The predicted octanol–water partition coefficient (Wildman–Crippen LogP) is 5.35. The highest BCUT2D eigenvalue weighted by Crippen LogP contribution is 2.49. The van der Waals surface area contributed by atoms with Crippen LogP contribution >= 0.6 is 0 Å². The number of hydrogen-bond donors (Lipinski definition) is 0. The average molecular weight is 470 g/mol. The van der Waals surface area contributed by atoms with Gasteiger partial charge in [0.05, 0.1) is 10.5 Å². The Morgan fingerprint density at radius 2 is 1.91 bits per heavy atom. The van der Waals surface area contributed by atoms with Crippen LogP contribution < -0.4 is 0 Å². The number of aromatic nitrogens is 3. The van der Waals surface area contributed by atoms with Crippen molar-refractivity contribution in [1.82, 2.24) is 19.7 Å². The number of fused-ring (bicyclic) bond motifs is 2. The molecule has 33 heavy (non-hydrogen) atoms. The van der Waals surface area contributed by atoms with Crippen LogP contribution in [0.3, 0.4) is 0 Å². The highest BCUT2D eigenvalue weighted by atomic mass is 32.2. The van der Waals surface area contributed by atoms with Crippen molar-refractivity contribution in [2.45, 2.75) is 102 Å². The Kier molecular flexibility index (Phi) is 6.92. The third-order valence-electron chi connectivity index (χ3n) is 7.16. The molecule has 6 nitrogen and oxygen atoms in total. The molecule has 2 saturated heterocycles. The minimum absolute atomic E-state index is 0.0545. The maximum absolute atomic E-state index is 12.9. The Labute approximate surface area is 201 Å². The van der Waals surface area contributed by atoms with E-state index in [0.717, 1.165) is 48.7 Å². The molecule has 0 radical (unpaired) electrons. The van der Waals surface area contributed by atoms with Gasteiger partial charge in [-0.2, -0.15) is 4.40 Å². The number of hydrogen-bond acceptors (Lipinski definition) is 4. The Morgan fingerprint density at radius 3 is 2.58 bits per heavy atom. The van der Waals surface area contributed by atoms with Crippen LogP contribution in [0.1, 0.15) is 96.3 Å². The molecule has 2 unspecified atom stereocenters. The molecule has 7 heteroatoms. The molecule has 0 spiro atoms. The summed E-state index contributed by atoms with van der Waals surface area (Å²) in [5.74, 6) is 2.43. The van der Waals surface area contributed by atoms with E-state index in [9.17, 15) is 4.21 Å². The summed E-state index contributed by atoms with van der Waals surface area (Å²) in [4.78, 5) is 2.71. The Hall–Kier alpha value is -1.86. The van der Waals surface area contributed by atoms with E-state index < -0.39 is 11.0 Å². The summed E-state index contributed by atoms with van der Waals surface area (Å²) in [6, 6.07) is 10.8. The second-order valence-electron chi connectivity index (χ2n) is 10.9. The summed E-state index contributed by atoms with van der Waals surface area (Å²) in [6.45, 7) is 13.4. The molecule has 2 aliphatic rings. The smallest absolute Gasteiger partial charge is 0.145 e.